The van der Waals surface area contributed by atoms with Crippen LogP contribution in [-0.4, -0.2) is 234 Å². The second-order valence-corrected chi connectivity index (χ2v) is 34.9. The number of primary amides is 1. The molecule has 4 heterocycles. The van der Waals surface area contributed by atoms with Crippen LogP contribution in [0.4, 0.5) is 31.2 Å². The lowest BCUT2D eigenvalue weighted by atomic mass is 9.89. The zero-order valence-corrected chi connectivity index (χ0v) is 76.6. The molecule has 0 spiro atoms. The third kappa shape index (κ3) is 29.2. The zero-order valence-electron chi connectivity index (χ0n) is 75.9. The summed E-state index contributed by atoms with van der Waals surface area (Å²) in [6.45, 7) is 23.1. The van der Waals surface area contributed by atoms with Crippen LogP contribution in [0.25, 0.3) is 33.5 Å². The van der Waals surface area contributed by atoms with Gasteiger partial charge in [-0.15, -0.1) is 0 Å². The van der Waals surface area contributed by atoms with Crippen LogP contribution < -0.4 is 64.2 Å². The molecule has 2 aliphatic heterocycles. The highest BCUT2D eigenvalue weighted by molar-refractivity contribution is 6.31. The highest BCUT2D eigenvalue weighted by atomic mass is 35.5. The molecule has 694 valence electrons. The molecule has 0 unspecified atom stereocenters. The smallest absolute Gasteiger partial charge is 0.410 e. The van der Waals surface area contributed by atoms with E-state index in [1.807, 2.05) is 62.9 Å². The van der Waals surface area contributed by atoms with Crippen molar-refractivity contribution < 1.29 is 76.4 Å². The number of nitrogens with two attached hydrogens (primary N) is 2. The number of aryl methyl sites for hydroxylation is 1. The molecule has 0 bridgehead atoms. The van der Waals surface area contributed by atoms with Gasteiger partial charge in [0.15, 0.2) is 0 Å². The number of nitrogens with one attached hydrogen (secondary N) is 10. The van der Waals surface area contributed by atoms with E-state index in [1.165, 1.54) is 38.1 Å². The fourth-order valence-electron chi connectivity index (χ4n) is 16.2. The van der Waals surface area contributed by atoms with Gasteiger partial charge < -0.3 is 98.3 Å². The summed E-state index contributed by atoms with van der Waals surface area (Å²) in [6, 6.07) is 18.1. The van der Waals surface area contributed by atoms with Gasteiger partial charge in [0.2, 0.25) is 53.2 Å². The first-order chi connectivity index (χ1) is 60.4. The minimum Gasteiger partial charge on any atom is -0.445 e. The van der Waals surface area contributed by atoms with Crippen LogP contribution in [0, 0.1) is 42.3 Å². The zero-order chi connectivity index (χ0) is 93.0. The van der Waals surface area contributed by atoms with Crippen LogP contribution in [0.3, 0.4) is 0 Å². The van der Waals surface area contributed by atoms with Gasteiger partial charge in [-0.05, 0) is 154 Å². The fraction of sp³-hybridized carbons (Fsp3) is 0.554. The molecule has 4 aromatic carbocycles. The van der Waals surface area contributed by atoms with Crippen molar-refractivity contribution in [2.24, 2.45) is 41.1 Å². The number of benzene rings is 4. The number of aromatic nitrogens is 3. The Hall–Kier alpha value is -11.1. The number of piperidine rings is 1. The number of urea groups is 1. The minimum atomic E-state index is -1.18. The average Bonchev–Trinajstić information content (AvgIpc) is 1.74. The second kappa shape index (κ2) is 48.8. The molecule has 2 fully saturated rings. The molecule has 15 N–H and O–H groups in total. The molecule has 33 nitrogen and oxygen atoms in total. The summed E-state index contributed by atoms with van der Waals surface area (Å²) in [7, 11) is 4.58. The molecule has 0 aliphatic carbocycles. The number of rotatable bonds is 46. The second-order valence-electron chi connectivity index (χ2n) is 34.5. The Bertz CT molecular complexity index is 4690. The number of likely N-dealkylation sites (N-methyl/N-ethyl adjacent to an activating group) is 2. The van der Waals surface area contributed by atoms with Crippen molar-refractivity contribution in [2.45, 2.75) is 227 Å². The highest BCUT2D eigenvalue weighted by Gasteiger charge is 2.43. The van der Waals surface area contributed by atoms with Gasteiger partial charge in [-0.2, -0.15) is 0 Å². The quantitative estimate of drug-likeness (QED) is 0.0158. The lowest BCUT2D eigenvalue weighted by Gasteiger charge is -2.40. The maximum absolute atomic E-state index is 15.1. The number of methoxy groups -OCH3 is 1. The monoisotopic (exact) mass is 1780 g/mol. The maximum atomic E-state index is 15.1. The Morgan fingerprint density at radius 1 is 0.724 bits per heavy atom. The van der Waals surface area contributed by atoms with Crippen molar-refractivity contribution in [1.82, 2.24) is 66.9 Å². The number of carbonyl (C=O) groups excluding carboxylic acids is 11. The van der Waals surface area contributed by atoms with Crippen LogP contribution in [0.2, 0.25) is 5.02 Å². The number of likely N-dealkylation sites (tertiary alicyclic amines) is 1. The predicted octanol–water partition coefficient (Wildman–Crippen LogP) is 9.13. The summed E-state index contributed by atoms with van der Waals surface area (Å²) in [6.07, 6.45) is 3.01. The van der Waals surface area contributed by atoms with Gasteiger partial charge in [0.05, 0.1) is 66.2 Å². The number of aromatic amines is 1. The number of nitrogens with zero attached hydrogens (tertiary/aromatic N) is 6. The fourth-order valence-corrected chi connectivity index (χ4v) is 16.3. The van der Waals surface area contributed by atoms with E-state index in [9.17, 15) is 57.8 Å². The lowest BCUT2D eigenvalue weighted by molar-refractivity contribution is -0.146. The summed E-state index contributed by atoms with van der Waals surface area (Å²) in [5.74, 6) is -5.65. The van der Waals surface area contributed by atoms with Crippen molar-refractivity contribution in [3.05, 3.63) is 125 Å². The molecule has 35 heteroatoms. The van der Waals surface area contributed by atoms with Crippen molar-refractivity contribution in [3.63, 3.8) is 0 Å². The maximum Gasteiger partial charge on any atom is 0.410 e. The van der Waals surface area contributed by atoms with Gasteiger partial charge >= 0.3 is 12.1 Å². The molecule has 0 radical (unpaired) electrons. The van der Waals surface area contributed by atoms with Gasteiger partial charge in [0.1, 0.15) is 54.3 Å². The third-order valence-electron chi connectivity index (χ3n) is 23.5. The first-order valence-electron chi connectivity index (χ1n) is 44.1. The number of hydrogen-bond donors (Lipinski definition) is 13. The number of imidazole rings is 1. The summed E-state index contributed by atoms with van der Waals surface area (Å²) >= 11 is 6.40. The topological polar surface area (TPSA) is 451 Å². The molecule has 12 amide bonds. The van der Waals surface area contributed by atoms with Crippen LogP contribution in [0.1, 0.15) is 170 Å². The Morgan fingerprint density at radius 2 is 1.40 bits per heavy atom. The van der Waals surface area contributed by atoms with E-state index in [-0.39, 0.29) is 107 Å². The first kappa shape index (κ1) is 101. The van der Waals surface area contributed by atoms with Crippen LogP contribution in [-0.2, 0) is 64.0 Å². The Balaban J connectivity index is 0.781. The first-order valence-corrected chi connectivity index (χ1v) is 44.5. The van der Waals surface area contributed by atoms with E-state index in [0.29, 0.717) is 100 Å². The van der Waals surface area contributed by atoms with Crippen molar-refractivity contribution in [3.8, 4) is 22.5 Å². The number of halogens is 2. The molecular formula is C92H132ClFN18O15. The molecule has 8 rings (SSSR count). The number of fused-ring (bicyclic) bond motifs is 1. The van der Waals surface area contributed by atoms with Crippen molar-refractivity contribution in [2.75, 3.05) is 89.2 Å². The van der Waals surface area contributed by atoms with E-state index >= 15 is 4.39 Å². The van der Waals surface area contributed by atoms with E-state index < -0.39 is 132 Å². The molecular weight excluding hydrogens is 1650 g/mol. The van der Waals surface area contributed by atoms with Gasteiger partial charge in [0.25, 0.3) is 0 Å². The molecule has 2 aliphatic rings. The SMILES string of the molecule is CC[C@H](C)[C@@H]([C@@H](CC(=O)N1CCC[C@H]1C[C@@H](C)C(=O)N[C@H](C)[C@@H](O)c1ccccc1)OC)N(C)C(=O)[C@@H](NC(=O)[C@H](C(C)C)N(C)C(=O)OCc1ccc(NC(=O)[C@H](CCCNC(N)=O)NC(=O)[C@@H](NC(=O)CCOCCC(=O)N[C@@H](C)C(=O)NCCNc2ncc(-c3cc(C)cc(F)c3)c(N3CCC(N)CC3)c2-c2nc3ccc(Cl)cc3[nH]2)C(C)C)cc1)C(C)C. The number of pyridine rings is 1. The van der Waals surface area contributed by atoms with E-state index in [4.69, 9.17) is 47.2 Å². The number of aliphatic hydroxyl groups is 1. The molecule has 127 heavy (non-hydrogen) atoms. The minimum absolute atomic E-state index is 0.0199. The highest BCUT2D eigenvalue weighted by Crippen LogP contribution is 2.44. The summed E-state index contributed by atoms with van der Waals surface area (Å²) in [5, 5.41) is 37.0. The number of aliphatic hydroxyl groups excluding tert-OH is 1. The Labute approximate surface area is 749 Å². The van der Waals surface area contributed by atoms with Gasteiger partial charge in [-0.1, -0.05) is 129 Å². The average molecular weight is 1780 g/mol. The molecule has 2 aromatic heterocycles. The van der Waals surface area contributed by atoms with E-state index in [2.05, 4.69) is 57.7 Å². The van der Waals surface area contributed by atoms with Gasteiger partial charge in [-0.3, -0.25) is 48.1 Å². The number of carbonyl (C=O) groups is 11. The Kier molecular flexibility index (Phi) is 38.9. The standard InChI is InChI=1S/C92H132ClFN18O15/c1-16-56(9)80(72(125-15)49-75(115)112-39-21-24-67(112)46-57(10)85(117)102-58(11)82(116)61-22-18-17-19-23-61)109(13)90(122)78(53(4)5)108-89(121)79(54(6)7)110(14)92(124)127-51-60-26-29-66(30-27-60)103-87(119)70(25-20-36-99-91(96)123)106-88(120)77(52(2)3)107-74(114)35-43-126-42-34-73(113)101-59(12)86(118)98-38-37-97-83-76(84-104-69-31-28-63(93)48-71(69)105-84)81(111-40-32-65(95)33-41-111)68(50-100-83)62-44-55(8)45-64(94)47-62/h17-19,22-23,26-31,44-45,47-48,50,52-54,56-59,65,67,70,72,77-80,82,116H,16,20-21,24-25,32-43,46,49,51,95H2,1-15H3,(H,97,100)(H,98,118)(H,101,113)(H,102,117)(H,103,119)(H,104,105)(H,106,120)(H,107,114)(H,108,121)(H3,96,99,123)/t56-,57+,58+,59-,67-,70-,72+,77-,78-,79-,80-,82+/m0/s1. The van der Waals surface area contributed by atoms with Gasteiger partial charge in [0, 0.05) is 114 Å². The van der Waals surface area contributed by atoms with E-state index in [1.54, 1.807) is 115 Å². The summed E-state index contributed by atoms with van der Waals surface area (Å²) in [4.78, 5) is 171. The normalized spacial score (nSPS) is 16.2. The van der Waals surface area contributed by atoms with Crippen LogP contribution in [0.5, 0.6) is 0 Å². The number of hydrogen-bond acceptors (Lipinski definition) is 20. The van der Waals surface area contributed by atoms with Gasteiger partial charge in [-0.25, -0.2) is 23.9 Å². The number of H-pyrrole nitrogens is 1. The predicted molar refractivity (Wildman–Crippen MR) is 486 cm³/mol. The molecule has 12 atom stereocenters. The largest absolute Gasteiger partial charge is 0.445 e. The lowest BCUT2D eigenvalue weighted by Crippen LogP contribution is -2.60. The molecule has 6 aromatic rings. The van der Waals surface area contributed by atoms with E-state index in [0.717, 1.165) is 30.5 Å². The summed E-state index contributed by atoms with van der Waals surface area (Å²) < 4.78 is 32.5. The number of ether oxygens (including phenoxy) is 3. The van der Waals surface area contributed by atoms with Crippen LogP contribution >= 0.6 is 11.6 Å². The van der Waals surface area contributed by atoms with Crippen molar-refractivity contribution >= 4 is 105 Å². The van der Waals surface area contributed by atoms with Crippen molar-refractivity contribution in [1.29, 1.82) is 0 Å². The van der Waals surface area contributed by atoms with Crippen LogP contribution in [0.15, 0.2) is 97.2 Å². The third-order valence-corrected chi connectivity index (χ3v) is 23.7. The molecule has 0 saturated carbocycles. The summed E-state index contributed by atoms with van der Waals surface area (Å²) in [5.41, 5.74) is 18.0. The number of anilines is 3. The molecule has 2 saturated heterocycles. The Morgan fingerprint density at radius 3 is 2.04 bits per heavy atom. The number of amides is 12.